The summed E-state index contributed by atoms with van der Waals surface area (Å²) >= 11 is 0. The third-order valence-corrected chi connectivity index (χ3v) is 3.42. The van der Waals surface area contributed by atoms with E-state index in [-0.39, 0.29) is 11.7 Å². The molecule has 0 spiro atoms. The molecule has 0 N–H and O–H groups in total. The molecule has 0 heterocycles. The molecular formula is C21H22O. The van der Waals surface area contributed by atoms with Gasteiger partial charge in [0.1, 0.15) is 0 Å². The lowest BCUT2D eigenvalue weighted by Crippen LogP contribution is -2.03. The van der Waals surface area contributed by atoms with Crippen molar-refractivity contribution in [1.29, 1.82) is 0 Å². The van der Waals surface area contributed by atoms with Gasteiger partial charge in [0.05, 0.1) is 0 Å². The van der Waals surface area contributed by atoms with Crippen molar-refractivity contribution in [2.45, 2.75) is 26.2 Å². The van der Waals surface area contributed by atoms with E-state index in [4.69, 9.17) is 0 Å². The molecule has 0 aromatic heterocycles. The maximum Gasteiger partial charge on any atom is 0.156 e. The fourth-order valence-electron chi connectivity index (χ4n) is 2.39. The van der Waals surface area contributed by atoms with Gasteiger partial charge in [-0.1, -0.05) is 78.4 Å². The molecule has 0 aliphatic rings. The van der Waals surface area contributed by atoms with E-state index in [1.54, 1.807) is 6.08 Å². The Morgan fingerprint density at radius 3 is 2.14 bits per heavy atom. The summed E-state index contributed by atoms with van der Waals surface area (Å²) in [5.41, 5.74) is 3.37. The van der Waals surface area contributed by atoms with Gasteiger partial charge in [-0.15, -0.1) is 0 Å². The highest BCUT2D eigenvalue weighted by Crippen LogP contribution is 2.23. The van der Waals surface area contributed by atoms with Gasteiger partial charge in [-0.2, -0.15) is 0 Å². The number of hydrogen-bond donors (Lipinski definition) is 0. The van der Waals surface area contributed by atoms with Gasteiger partial charge in [0.25, 0.3) is 0 Å². The van der Waals surface area contributed by atoms with Gasteiger partial charge in [0, 0.05) is 12.3 Å². The fraction of sp³-hybridized carbons (Fsp3) is 0.190. The summed E-state index contributed by atoms with van der Waals surface area (Å²) in [4.78, 5) is 12.1. The number of ketones is 1. The maximum absolute atomic E-state index is 12.1. The smallest absolute Gasteiger partial charge is 0.156 e. The Labute approximate surface area is 133 Å². The van der Waals surface area contributed by atoms with Gasteiger partial charge >= 0.3 is 0 Å². The Morgan fingerprint density at radius 1 is 0.955 bits per heavy atom. The summed E-state index contributed by atoms with van der Waals surface area (Å²) in [6.45, 7) is 3.91. The number of carbonyl (C=O) groups excluding carboxylic acids is 1. The number of carbonyl (C=O) groups is 1. The fourth-order valence-corrected chi connectivity index (χ4v) is 2.39. The summed E-state index contributed by atoms with van der Waals surface area (Å²) in [7, 11) is 0. The second-order valence-electron chi connectivity index (χ2n) is 5.68. The molecule has 2 aromatic carbocycles. The molecular weight excluding hydrogens is 268 g/mol. The molecule has 22 heavy (non-hydrogen) atoms. The molecule has 0 saturated carbocycles. The number of benzene rings is 2. The van der Waals surface area contributed by atoms with Crippen LogP contribution in [0.4, 0.5) is 0 Å². The van der Waals surface area contributed by atoms with Crippen molar-refractivity contribution in [3.63, 3.8) is 0 Å². The molecule has 0 amide bonds. The van der Waals surface area contributed by atoms with Crippen molar-refractivity contribution in [2.75, 3.05) is 0 Å². The van der Waals surface area contributed by atoms with E-state index >= 15 is 0 Å². The zero-order valence-electron chi connectivity index (χ0n) is 13.2. The van der Waals surface area contributed by atoms with E-state index in [1.165, 1.54) is 5.56 Å². The van der Waals surface area contributed by atoms with Crippen molar-refractivity contribution in [3.05, 3.63) is 89.5 Å². The van der Waals surface area contributed by atoms with Crippen LogP contribution in [0, 0.1) is 0 Å². The van der Waals surface area contributed by atoms with E-state index in [0.29, 0.717) is 6.42 Å². The molecule has 1 heteroatoms. The molecule has 1 atom stereocenters. The molecule has 1 nitrogen and oxygen atoms in total. The lowest BCUT2D eigenvalue weighted by atomic mass is 9.92. The largest absolute Gasteiger partial charge is 0.295 e. The lowest BCUT2D eigenvalue weighted by Gasteiger charge is -2.12. The summed E-state index contributed by atoms with van der Waals surface area (Å²) < 4.78 is 0. The van der Waals surface area contributed by atoms with Gasteiger partial charge in [-0.3, -0.25) is 4.79 Å². The van der Waals surface area contributed by atoms with Crippen molar-refractivity contribution in [1.82, 2.24) is 0 Å². The van der Waals surface area contributed by atoms with Crippen LogP contribution in [0.1, 0.15) is 37.3 Å². The maximum atomic E-state index is 12.1. The van der Waals surface area contributed by atoms with E-state index in [2.05, 4.69) is 36.4 Å². The predicted octanol–water partition coefficient (Wildman–Crippen LogP) is 5.41. The van der Waals surface area contributed by atoms with Gasteiger partial charge in [-0.25, -0.2) is 0 Å². The first kappa shape index (κ1) is 16.0. The molecule has 0 saturated heterocycles. The Balaban J connectivity index is 2.20. The Bertz CT molecular complexity index is 647. The van der Waals surface area contributed by atoms with E-state index < -0.39 is 0 Å². The second-order valence-corrected chi connectivity index (χ2v) is 5.68. The van der Waals surface area contributed by atoms with Gasteiger partial charge < -0.3 is 0 Å². The first-order chi connectivity index (χ1) is 10.6. The van der Waals surface area contributed by atoms with Gasteiger partial charge in [0.15, 0.2) is 5.78 Å². The minimum atomic E-state index is 0.101. The Kier molecular flexibility index (Phi) is 5.91. The van der Waals surface area contributed by atoms with Crippen LogP contribution in [0.5, 0.6) is 0 Å². The third kappa shape index (κ3) is 5.17. The highest BCUT2D eigenvalue weighted by atomic mass is 16.1. The average molecular weight is 290 g/mol. The van der Waals surface area contributed by atoms with E-state index in [0.717, 1.165) is 11.1 Å². The van der Waals surface area contributed by atoms with Crippen LogP contribution >= 0.6 is 0 Å². The Morgan fingerprint density at radius 2 is 1.55 bits per heavy atom. The Hall–Kier alpha value is -2.41. The van der Waals surface area contributed by atoms with Crippen molar-refractivity contribution < 1.29 is 4.79 Å². The van der Waals surface area contributed by atoms with Crippen LogP contribution in [0.3, 0.4) is 0 Å². The highest BCUT2D eigenvalue weighted by Gasteiger charge is 2.11. The van der Waals surface area contributed by atoms with Crippen LogP contribution in [0.25, 0.3) is 6.08 Å². The first-order valence-electron chi connectivity index (χ1n) is 7.61. The monoisotopic (exact) mass is 290 g/mol. The van der Waals surface area contributed by atoms with Crippen LogP contribution < -0.4 is 0 Å². The molecule has 0 aliphatic carbocycles. The molecule has 112 valence electrons. The average Bonchev–Trinajstić information content (AvgIpc) is 2.52. The van der Waals surface area contributed by atoms with Crippen LogP contribution in [-0.2, 0) is 4.79 Å². The third-order valence-electron chi connectivity index (χ3n) is 3.42. The zero-order valence-corrected chi connectivity index (χ0v) is 13.2. The zero-order chi connectivity index (χ0) is 15.8. The SMILES string of the molecule is CC(C)=CC(=O)C[C@@H](/C=C/c1ccccc1)c1ccccc1. The molecule has 2 rings (SSSR count). The number of hydrogen-bond acceptors (Lipinski definition) is 1. The van der Waals surface area contributed by atoms with Crippen LogP contribution in [-0.4, -0.2) is 5.78 Å². The number of allylic oxidation sites excluding steroid dienone is 3. The topological polar surface area (TPSA) is 17.1 Å². The predicted molar refractivity (Wildman–Crippen MR) is 93.7 cm³/mol. The van der Waals surface area contributed by atoms with Crippen molar-refractivity contribution in [2.24, 2.45) is 0 Å². The minimum Gasteiger partial charge on any atom is -0.295 e. The summed E-state index contributed by atoms with van der Waals surface area (Å²) in [5.74, 6) is 0.274. The normalized spacial score (nSPS) is 12.1. The molecule has 0 fully saturated rings. The van der Waals surface area contributed by atoms with Crippen molar-refractivity contribution in [3.8, 4) is 0 Å². The second kappa shape index (κ2) is 8.14. The first-order valence-corrected chi connectivity index (χ1v) is 7.61. The molecule has 0 bridgehead atoms. The minimum absolute atomic E-state index is 0.101. The van der Waals surface area contributed by atoms with E-state index in [1.807, 2.05) is 50.2 Å². The standard InChI is InChI=1S/C21H22O/c1-17(2)15-21(22)16-20(19-11-7-4-8-12-19)14-13-18-9-5-3-6-10-18/h3-15,20H,16H2,1-2H3/b14-13+/t20-/m1/s1. The van der Waals surface area contributed by atoms with Crippen LogP contribution in [0.2, 0.25) is 0 Å². The van der Waals surface area contributed by atoms with Crippen molar-refractivity contribution >= 4 is 11.9 Å². The summed E-state index contributed by atoms with van der Waals surface area (Å²) in [5, 5.41) is 0. The van der Waals surface area contributed by atoms with E-state index in [9.17, 15) is 4.79 Å². The van der Waals surface area contributed by atoms with Gasteiger partial charge in [-0.05, 0) is 31.1 Å². The summed E-state index contributed by atoms with van der Waals surface area (Å²) in [6, 6.07) is 20.4. The summed E-state index contributed by atoms with van der Waals surface area (Å²) in [6.07, 6.45) is 6.44. The lowest BCUT2D eigenvalue weighted by molar-refractivity contribution is -0.114. The number of rotatable bonds is 6. The molecule has 0 unspecified atom stereocenters. The molecule has 2 aromatic rings. The molecule has 0 aliphatic heterocycles. The molecule has 0 radical (unpaired) electrons. The van der Waals surface area contributed by atoms with Crippen LogP contribution in [0.15, 0.2) is 78.4 Å². The highest BCUT2D eigenvalue weighted by molar-refractivity contribution is 5.91. The quantitative estimate of drug-likeness (QED) is 0.650. The van der Waals surface area contributed by atoms with Gasteiger partial charge in [0.2, 0.25) is 0 Å².